The van der Waals surface area contributed by atoms with Crippen LogP contribution in [-0.4, -0.2) is 30.6 Å². The van der Waals surface area contributed by atoms with Crippen molar-refractivity contribution in [2.24, 2.45) is 0 Å². The fourth-order valence-corrected chi connectivity index (χ4v) is 2.35. The first-order chi connectivity index (χ1) is 7.65. The molecule has 0 aromatic heterocycles. The van der Waals surface area contributed by atoms with Crippen molar-refractivity contribution in [2.75, 3.05) is 19.6 Å². The molecule has 16 heavy (non-hydrogen) atoms. The first kappa shape index (κ1) is 11.9. The summed E-state index contributed by atoms with van der Waals surface area (Å²) < 4.78 is 0. The number of nitrogens with zero attached hydrogens (tertiary/aromatic N) is 1. The van der Waals surface area contributed by atoms with Crippen LogP contribution in [0.1, 0.15) is 18.1 Å². The summed E-state index contributed by atoms with van der Waals surface area (Å²) in [6.07, 6.45) is 0. The van der Waals surface area contributed by atoms with Crippen molar-refractivity contribution in [1.82, 2.24) is 10.2 Å². The summed E-state index contributed by atoms with van der Waals surface area (Å²) in [5, 5.41) is 4.33. The van der Waals surface area contributed by atoms with Gasteiger partial charge in [0.1, 0.15) is 0 Å². The third kappa shape index (κ3) is 2.97. The molecule has 1 heterocycles. The van der Waals surface area contributed by atoms with E-state index in [0.29, 0.717) is 6.04 Å². The monoisotopic (exact) mass is 238 g/mol. The molecule has 0 radical (unpaired) electrons. The summed E-state index contributed by atoms with van der Waals surface area (Å²) in [7, 11) is 0. The predicted molar refractivity (Wildman–Crippen MR) is 68.9 cm³/mol. The molecule has 1 aliphatic rings. The van der Waals surface area contributed by atoms with Gasteiger partial charge in [-0.1, -0.05) is 23.7 Å². The molecule has 88 valence electrons. The van der Waals surface area contributed by atoms with Gasteiger partial charge in [-0.3, -0.25) is 4.90 Å². The van der Waals surface area contributed by atoms with Gasteiger partial charge in [-0.25, -0.2) is 0 Å². The Morgan fingerprint density at radius 3 is 3.00 bits per heavy atom. The average Bonchev–Trinajstić information content (AvgIpc) is 2.24. The van der Waals surface area contributed by atoms with Crippen LogP contribution in [0.5, 0.6) is 0 Å². The zero-order valence-corrected chi connectivity index (χ0v) is 10.7. The standard InChI is InChI=1S/C13H19ClN2/c1-10-3-4-12(7-13(10)14)9-16-6-5-15-11(2)8-16/h3-4,7,11,15H,5-6,8-9H2,1-2H3/t11-/m0/s1. The maximum absolute atomic E-state index is 6.13. The van der Waals surface area contributed by atoms with Gasteiger partial charge in [0.25, 0.3) is 0 Å². The van der Waals surface area contributed by atoms with Crippen LogP contribution in [0.3, 0.4) is 0 Å². The highest BCUT2D eigenvalue weighted by molar-refractivity contribution is 6.31. The Morgan fingerprint density at radius 1 is 1.50 bits per heavy atom. The minimum atomic E-state index is 0.592. The van der Waals surface area contributed by atoms with E-state index >= 15 is 0 Å². The number of rotatable bonds is 2. The summed E-state index contributed by atoms with van der Waals surface area (Å²) in [4.78, 5) is 2.47. The maximum Gasteiger partial charge on any atom is 0.0438 e. The van der Waals surface area contributed by atoms with Crippen molar-refractivity contribution in [2.45, 2.75) is 26.4 Å². The van der Waals surface area contributed by atoms with Crippen LogP contribution in [0.2, 0.25) is 5.02 Å². The topological polar surface area (TPSA) is 15.3 Å². The first-order valence-corrected chi connectivity index (χ1v) is 6.24. The summed E-state index contributed by atoms with van der Waals surface area (Å²) in [6, 6.07) is 6.95. The lowest BCUT2D eigenvalue weighted by atomic mass is 10.1. The van der Waals surface area contributed by atoms with Crippen molar-refractivity contribution in [3.63, 3.8) is 0 Å². The molecule has 1 atom stereocenters. The largest absolute Gasteiger partial charge is 0.312 e. The molecule has 0 bridgehead atoms. The van der Waals surface area contributed by atoms with E-state index in [-0.39, 0.29) is 0 Å². The van der Waals surface area contributed by atoms with Gasteiger partial charge in [0.05, 0.1) is 0 Å². The van der Waals surface area contributed by atoms with Crippen LogP contribution in [0.25, 0.3) is 0 Å². The molecule has 1 aromatic rings. The predicted octanol–water partition coefficient (Wildman–Crippen LogP) is 2.44. The van der Waals surface area contributed by atoms with E-state index < -0.39 is 0 Å². The lowest BCUT2D eigenvalue weighted by molar-refractivity contribution is 0.199. The van der Waals surface area contributed by atoms with Gasteiger partial charge in [0.2, 0.25) is 0 Å². The number of benzene rings is 1. The van der Waals surface area contributed by atoms with Crippen molar-refractivity contribution in [1.29, 1.82) is 0 Å². The van der Waals surface area contributed by atoms with Crippen LogP contribution in [0, 0.1) is 6.92 Å². The van der Waals surface area contributed by atoms with E-state index in [4.69, 9.17) is 11.6 Å². The number of aryl methyl sites for hydroxylation is 1. The van der Waals surface area contributed by atoms with Crippen LogP contribution in [-0.2, 0) is 6.54 Å². The second kappa shape index (κ2) is 5.17. The SMILES string of the molecule is Cc1ccc(CN2CCN[C@@H](C)C2)cc1Cl. The number of piperazine rings is 1. The molecule has 0 unspecified atom stereocenters. The second-order valence-corrected chi connectivity index (χ2v) is 5.08. The minimum absolute atomic E-state index is 0.592. The molecule has 0 saturated carbocycles. The molecule has 0 amide bonds. The number of halogens is 1. The van der Waals surface area contributed by atoms with Gasteiger partial charge in [-0.2, -0.15) is 0 Å². The maximum atomic E-state index is 6.13. The molecular weight excluding hydrogens is 220 g/mol. The van der Waals surface area contributed by atoms with Gasteiger partial charge < -0.3 is 5.32 Å². The average molecular weight is 239 g/mol. The fraction of sp³-hybridized carbons (Fsp3) is 0.538. The second-order valence-electron chi connectivity index (χ2n) is 4.67. The molecule has 1 aromatic carbocycles. The molecule has 3 heteroatoms. The Balaban J connectivity index is 2.00. The van der Waals surface area contributed by atoms with Crippen LogP contribution in [0.15, 0.2) is 18.2 Å². The number of nitrogens with one attached hydrogen (secondary N) is 1. The third-order valence-electron chi connectivity index (χ3n) is 3.10. The van der Waals surface area contributed by atoms with E-state index in [1.54, 1.807) is 0 Å². The Hall–Kier alpha value is -0.570. The number of hydrogen-bond acceptors (Lipinski definition) is 2. The summed E-state index contributed by atoms with van der Waals surface area (Å²) in [5.74, 6) is 0. The molecule has 0 spiro atoms. The van der Waals surface area contributed by atoms with Gasteiger partial charge in [0.15, 0.2) is 0 Å². The molecule has 1 fully saturated rings. The fourth-order valence-electron chi connectivity index (χ4n) is 2.15. The number of hydrogen-bond donors (Lipinski definition) is 1. The molecule has 1 aliphatic heterocycles. The molecule has 1 saturated heterocycles. The van der Waals surface area contributed by atoms with Crippen LogP contribution < -0.4 is 5.32 Å². The Labute approximate surface area is 103 Å². The Morgan fingerprint density at radius 2 is 2.31 bits per heavy atom. The van der Waals surface area contributed by atoms with E-state index in [1.807, 2.05) is 6.92 Å². The van der Waals surface area contributed by atoms with Crippen molar-refractivity contribution >= 4 is 11.6 Å². The normalized spacial score (nSPS) is 22.3. The minimum Gasteiger partial charge on any atom is -0.312 e. The highest BCUT2D eigenvalue weighted by Gasteiger charge is 2.15. The highest BCUT2D eigenvalue weighted by atomic mass is 35.5. The van der Waals surface area contributed by atoms with Gasteiger partial charge in [-0.15, -0.1) is 0 Å². The third-order valence-corrected chi connectivity index (χ3v) is 3.50. The molecule has 0 aliphatic carbocycles. The molecule has 2 rings (SSSR count). The lowest BCUT2D eigenvalue weighted by Crippen LogP contribution is -2.48. The van der Waals surface area contributed by atoms with Crippen molar-refractivity contribution in [3.05, 3.63) is 34.3 Å². The van der Waals surface area contributed by atoms with Gasteiger partial charge >= 0.3 is 0 Å². The molecule has 1 N–H and O–H groups in total. The zero-order chi connectivity index (χ0) is 11.5. The van der Waals surface area contributed by atoms with Crippen LogP contribution >= 0.6 is 11.6 Å². The highest BCUT2D eigenvalue weighted by Crippen LogP contribution is 2.18. The first-order valence-electron chi connectivity index (χ1n) is 5.86. The van der Waals surface area contributed by atoms with E-state index in [0.717, 1.165) is 36.8 Å². The zero-order valence-electron chi connectivity index (χ0n) is 9.96. The van der Waals surface area contributed by atoms with E-state index in [2.05, 4.69) is 35.3 Å². The molecular formula is C13H19ClN2. The summed E-state index contributed by atoms with van der Waals surface area (Å²) >= 11 is 6.13. The van der Waals surface area contributed by atoms with Crippen molar-refractivity contribution in [3.8, 4) is 0 Å². The van der Waals surface area contributed by atoms with Gasteiger partial charge in [-0.05, 0) is 31.0 Å². The Bertz CT molecular complexity index is 365. The lowest BCUT2D eigenvalue weighted by Gasteiger charge is -2.31. The van der Waals surface area contributed by atoms with E-state index in [9.17, 15) is 0 Å². The van der Waals surface area contributed by atoms with Crippen LogP contribution in [0.4, 0.5) is 0 Å². The summed E-state index contributed by atoms with van der Waals surface area (Å²) in [5.41, 5.74) is 2.46. The van der Waals surface area contributed by atoms with Gasteiger partial charge in [0, 0.05) is 37.2 Å². The van der Waals surface area contributed by atoms with E-state index in [1.165, 1.54) is 5.56 Å². The Kier molecular flexibility index (Phi) is 3.85. The smallest absolute Gasteiger partial charge is 0.0438 e. The van der Waals surface area contributed by atoms with Crippen molar-refractivity contribution < 1.29 is 0 Å². The summed E-state index contributed by atoms with van der Waals surface area (Å²) in [6.45, 7) is 8.60. The molecule has 2 nitrogen and oxygen atoms in total. The quantitative estimate of drug-likeness (QED) is 0.852.